The first kappa shape index (κ1) is 9.32. The maximum absolute atomic E-state index is 10.2. The largest absolute Gasteiger partial charge is 0.235 e. The number of aliphatic imine (C=N–C) groups is 2. The van der Waals surface area contributed by atoms with Gasteiger partial charge in [-0.2, -0.15) is 0 Å². The first-order valence-electron chi connectivity index (χ1n) is 4.99. The number of isocyanates is 2. The van der Waals surface area contributed by atoms with Gasteiger partial charge in [0.2, 0.25) is 12.2 Å². The molecule has 3 rings (SSSR count). The van der Waals surface area contributed by atoms with E-state index in [2.05, 4.69) is 9.98 Å². The molecule has 3 aliphatic carbocycles. The van der Waals surface area contributed by atoms with Gasteiger partial charge in [-0.05, 0) is 31.6 Å². The molecule has 0 heterocycles. The summed E-state index contributed by atoms with van der Waals surface area (Å²) < 4.78 is 0. The zero-order valence-corrected chi connectivity index (χ0v) is 7.85. The van der Waals surface area contributed by atoms with E-state index < -0.39 is 0 Å². The zero-order chi connectivity index (χ0) is 9.97. The van der Waals surface area contributed by atoms with Crippen LogP contribution in [0.2, 0.25) is 0 Å². The fourth-order valence-corrected chi connectivity index (χ4v) is 2.87. The molecule has 14 heavy (non-hydrogen) atoms. The van der Waals surface area contributed by atoms with E-state index in [4.69, 9.17) is 0 Å². The van der Waals surface area contributed by atoms with Gasteiger partial charge in [0.15, 0.2) is 0 Å². The fourth-order valence-electron chi connectivity index (χ4n) is 2.87. The van der Waals surface area contributed by atoms with Crippen molar-refractivity contribution in [1.29, 1.82) is 0 Å². The van der Waals surface area contributed by atoms with Crippen molar-refractivity contribution in [1.82, 2.24) is 0 Å². The molecule has 0 aromatic rings. The molecule has 74 valence electrons. The van der Waals surface area contributed by atoms with E-state index in [1.165, 1.54) is 6.42 Å². The van der Waals surface area contributed by atoms with Crippen LogP contribution in [0.1, 0.15) is 25.7 Å². The molecule has 0 aromatic carbocycles. The van der Waals surface area contributed by atoms with E-state index >= 15 is 0 Å². The summed E-state index contributed by atoms with van der Waals surface area (Å²) >= 11 is 0. The second kappa shape index (κ2) is 3.87. The molecule has 0 aliphatic heterocycles. The first-order chi connectivity index (χ1) is 6.85. The Bertz CT molecular complexity index is 288. The van der Waals surface area contributed by atoms with Crippen LogP contribution in [0.5, 0.6) is 0 Å². The molecule has 3 fully saturated rings. The van der Waals surface area contributed by atoms with E-state index in [9.17, 15) is 9.59 Å². The molecule has 0 amide bonds. The number of hydrogen-bond donors (Lipinski definition) is 0. The molecule has 0 aromatic heterocycles. The minimum Gasteiger partial charge on any atom is -0.211 e. The molecule has 4 heteroatoms. The molecule has 0 radical (unpaired) electrons. The molecule has 0 N–H and O–H groups in total. The van der Waals surface area contributed by atoms with Crippen LogP contribution in [0, 0.1) is 11.8 Å². The van der Waals surface area contributed by atoms with E-state index in [0.29, 0.717) is 5.92 Å². The topological polar surface area (TPSA) is 58.9 Å². The van der Waals surface area contributed by atoms with Crippen LogP contribution in [0.3, 0.4) is 0 Å². The smallest absolute Gasteiger partial charge is 0.211 e. The van der Waals surface area contributed by atoms with Crippen molar-refractivity contribution in [3.8, 4) is 0 Å². The van der Waals surface area contributed by atoms with Gasteiger partial charge in [-0.3, -0.25) is 0 Å². The number of carbonyl (C=O) groups excluding carboxylic acids is 2. The highest BCUT2D eigenvalue weighted by molar-refractivity contribution is 5.35. The van der Waals surface area contributed by atoms with Crippen molar-refractivity contribution in [2.24, 2.45) is 21.8 Å². The summed E-state index contributed by atoms with van der Waals surface area (Å²) in [4.78, 5) is 28.0. The summed E-state index contributed by atoms with van der Waals surface area (Å²) in [6.07, 6.45) is 7.37. The zero-order valence-electron chi connectivity index (χ0n) is 7.85. The third-order valence-electron chi connectivity index (χ3n) is 3.48. The van der Waals surface area contributed by atoms with Gasteiger partial charge < -0.3 is 0 Å². The highest BCUT2D eigenvalue weighted by atomic mass is 16.1. The molecular formula is C10H12N2O2. The number of nitrogens with zero attached hydrogens (tertiary/aromatic N) is 2. The Hall–Kier alpha value is -1.24. The van der Waals surface area contributed by atoms with Gasteiger partial charge in [-0.15, -0.1) is 0 Å². The monoisotopic (exact) mass is 192 g/mol. The lowest BCUT2D eigenvalue weighted by atomic mass is 9.65. The molecule has 2 atom stereocenters. The average molecular weight is 192 g/mol. The standard InChI is InChI=1S/C10H12N2O2/c13-5-11-9-3-7-1-2-8(9)10(4-7)12-6-14/h7-10H,1-4H2. The van der Waals surface area contributed by atoms with Crippen LogP contribution in [0.15, 0.2) is 9.98 Å². The summed E-state index contributed by atoms with van der Waals surface area (Å²) in [5.41, 5.74) is 0. The third-order valence-corrected chi connectivity index (χ3v) is 3.48. The predicted molar refractivity (Wildman–Crippen MR) is 49.3 cm³/mol. The van der Waals surface area contributed by atoms with E-state index in [1.807, 2.05) is 0 Å². The normalized spacial score (nSPS) is 39.7. The van der Waals surface area contributed by atoms with Crippen molar-refractivity contribution in [3.05, 3.63) is 0 Å². The van der Waals surface area contributed by atoms with E-state index in [0.717, 1.165) is 19.3 Å². The Kier molecular flexibility index (Phi) is 2.58. The summed E-state index contributed by atoms with van der Waals surface area (Å²) in [6.45, 7) is 0. The van der Waals surface area contributed by atoms with Gasteiger partial charge in [0.1, 0.15) is 0 Å². The van der Waals surface area contributed by atoms with E-state index in [-0.39, 0.29) is 18.0 Å². The summed E-state index contributed by atoms with van der Waals surface area (Å²) in [7, 11) is 0. The third kappa shape index (κ3) is 1.54. The molecule has 4 nitrogen and oxygen atoms in total. The number of rotatable bonds is 2. The second-order valence-corrected chi connectivity index (χ2v) is 4.15. The van der Waals surface area contributed by atoms with Gasteiger partial charge in [0.05, 0.1) is 12.1 Å². The van der Waals surface area contributed by atoms with Crippen LogP contribution in [-0.4, -0.2) is 24.2 Å². The molecule has 0 saturated heterocycles. The van der Waals surface area contributed by atoms with Crippen molar-refractivity contribution >= 4 is 12.2 Å². The number of fused-ring (bicyclic) bond motifs is 3. The van der Waals surface area contributed by atoms with Gasteiger partial charge in [-0.1, -0.05) is 0 Å². The molecule has 3 saturated carbocycles. The Morgan fingerprint density at radius 2 is 1.50 bits per heavy atom. The van der Waals surface area contributed by atoms with Crippen LogP contribution < -0.4 is 0 Å². The lowest BCUT2D eigenvalue weighted by Gasteiger charge is -2.43. The Balaban J connectivity index is 2.18. The minimum atomic E-state index is 0.0436. The molecule has 2 bridgehead atoms. The van der Waals surface area contributed by atoms with Crippen molar-refractivity contribution < 1.29 is 9.59 Å². The first-order valence-corrected chi connectivity index (χ1v) is 4.99. The fraction of sp³-hybridized carbons (Fsp3) is 0.800. The van der Waals surface area contributed by atoms with Crippen molar-refractivity contribution in [2.45, 2.75) is 37.8 Å². The lowest BCUT2D eigenvalue weighted by molar-refractivity contribution is 0.123. The summed E-state index contributed by atoms with van der Waals surface area (Å²) in [5.74, 6) is 0.840. The predicted octanol–water partition coefficient (Wildman–Crippen LogP) is 1.22. The minimum absolute atomic E-state index is 0.0436. The van der Waals surface area contributed by atoms with Gasteiger partial charge in [0, 0.05) is 5.92 Å². The Labute approximate surface area is 82.1 Å². The highest BCUT2D eigenvalue weighted by Gasteiger charge is 2.42. The van der Waals surface area contributed by atoms with Crippen LogP contribution in [-0.2, 0) is 9.59 Å². The second-order valence-electron chi connectivity index (χ2n) is 4.15. The molecule has 0 spiro atoms. The van der Waals surface area contributed by atoms with Crippen LogP contribution in [0.25, 0.3) is 0 Å². The maximum atomic E-state index is 10.2. The van der Waals surface area contributed by atoms with E-state index in [1.54, 1.807) is 12.2 Å². The quantitative estimate of drug-likeness (QED) is 0.487. The Morgan fingerprint density at radius 1 is 0.929 bits per heavy atom. The van der Waals surface area contributed by atoms with Crippen molar-refractivity contribution in [3.63, 3.8) is 0 Å². The van der Waals surface area contributed by atoms with Crippen molar-refractivity contribution in [2.75, 3.05) is 0 Å². The molecule has 3 aliphatic rings. The van der Waals surface area contributed by atoms with Crippen LogP contribution >= 0.6 is 0 Å². The lowest BCUT2D eigenvalue weighted by Crippen LogP contribution is -2.43. The van der Waals surface area contributed by atoms with Gasteiger partial charge in [-0.25, -0.2) is 19.6 Å². The van der Waals surface area contributed by atoms with Gasteiger partial charge >= 0.3 is 0 Å². The maximum Gasteiger partial charge on any atom is 0.235 e. The molecular weight excluding hydrogens is 180 g/mol. The number of hydrogen-bond acceptors (Lipinski definition) is 4. The SMILES string of the molecule is O=C=NC1CC2CCC1C(N=C=O)C2. The Morgan fingerprint density at radius 3 is 1.93 bits per heavy atom. The summed E-state index contributed by atoms with van der Waals surface area (Å²) in [5, 5.41) is 0. The average Bonchev–Trinajstić information content (AvgIpc) is 2.19. The summed E-state index contributed by atoms with van der Waals surface area (Å²) in [6, 6.07) is 0.0872. The molecule has 2 unspecified atom stereocenters. The van der Waals surface area contributed by atoms with Crippen LogP contribution in [0.4, 0.5) is 0 Å². The van der Waals surface area contributed by atoms with Gasteiger partial charge in [0.25, 0.3) is 0 Å². The highest BCUT2D eigenvalue weighted by Crippen LogP contribution is 2.44.